The van der Waals surface area contributed by atoms with Gasteiger partial charge in [0.25, 0.3) is 0 Å². The Morgan fingerprint density at radius 3 is 1.87 bits per heavy atom. The Balaban J connectivity index is 4.17. The van der Waals surface area contributed by atoms with Crippen LogP contribution in [0.25, 0.3) is 0 Å². The van der Waals surface area contributed by atoms with Gasteiger partial charge in [0.1, 0.15) is 5.60 Å². The lowest BCUT2D eigenvalue weighted by Crippen LogP contribution is -2.60. The van der Waals surface area contributed by atoms with E-state index in [1.54, 1.807) is 0 Å². The van der Waals surface area contributed by atoms with Crippen molar-refractivity contribution in [2.24, 2.45) is 27.6 Å². The average molecular weight is 455 g/mol. The van der Waals surface area contributed by atoms with Gasteiger partial charge in [0.2, 0.25) is 0 Å². The van der Waals surface area contributed by atoms with Crippen LogP contribution in [0.2, 0.25) is 0 Å². The molecule has 182 valence electrons. The van der Waals surface area contributed by atoms with Gasteiger partial charge in [-0.25, -0.2) is 0 Å². The maximum Gasteiger partial charge on any atom is 0.327 e. The minimum absolute atomic E-state index is 0.00902. The van der Waals surface area contributed by atoms with Crippen LogP contribution in [-0.2, 0) is 4.52 Å². The molecule has 3 unspecified atom stereocenters. The highest BCUT2D eigenvalue weighted by molar-refractivity contribution is 7.39. The van der Waals surface area contributed by atoms with Crippen molar-refractivity contribution in [3.8, 4) is 0 Å². The van der Waals surface area contributed by atoms with Gasteiger partial charge < -0.3 is 14.3 Å². The van der Waals surface area contributed by atoms with E-state index in [0.717, 1.165) is 32.1 Å². The van der Waals surface area contributed by atoms with Crippen LogP contribution in [0.5, 0.6) is 0 Å². The van der Waals surface area contributed by atoms with E-state index in [0.29, 0.717) is 5.92 Å². The fourth-order valence-corrected chi connectivity index (χ4v) is 5.97. The number of unbranched alkanes of at least 4 members (excludes halogenated alkanes) is 1. The van der Waals surface area contributed by atoms with Crippen LogP contribution in [0.3, 0.4) is 0 Å². The number of allylic oxidation sites excluding steroid dienone is 2. The largest absolute Gasteiger partial charge is 0.328 e. The molecule has 31 heavy (non-hydrogen) atoms. The molecule has 0 saturated heterocycles. The van der Waals surface area contributed by atoms with E-state index in [4.69, 9.17) is 4.52 Å². The normalized spacial score (nSPS) is 26.7. The molecule has 3 nitrogen and oxygen atoms in total. The Morgan fingerprint density at radius 1 is 0.968 bits per heavy atom. The molecule has 3 atom stereocenters. The van der Waals surface area contributed by atoms with Crippen molar-refractivity contribution in [3.63, 3.8) is 0 Å². The number of rotatable bonds is 8. The third kappa shape index (κ3) is 6.03. The van der Waals surface area contributed by atoms with Crippen molar-refractivity contribution in [1.29, 1.82) is 0 Å². The van der Waals surface area contributed by atoms with Gasteiger partial charge in [0.05, 0.1) is 0 Å². The number of hydrogen-bond donors (Lipinski definition) is 2. The first-order valence-electron chi connectivity index (χ1n) is 12.2. The zero-order valence-corrected chi connectivity index (χ0v) is 23.4. The molecule has 0 aromatic heterocycles. The van der Waals surface area contributed by atoms with Gasteiger partial charge in [0.15, 0.2) is 0 Å². The first-order chi connectivity index (χ1) is 13.9. The Bertz CT molecular complexity index is 657. The van der Waals surface area contributed by atoms with Gasteiger partial charge in [0, 0.05) is 5.41 Å². The van der Waals surface area contributed by atoms with E-state index in [1.165, 1.54) is 11.1 Å². The maximum atomic E-state index is 10.3. The zero-order valence-electron chi connectivity index (χ0n) is 22.5. The third-order valence-corrected chi connectivity index (χ3v) is 7.84. The summed E-state index contributed by atoms with van der Waals surface area (Å²) in [7, 11) is -2.51. The topological polar surface area (TPSA) is 49.7 Å². The third-order valence-electron chi connectivity index (χ3n) is 7.36. The van der Waals surface area contributed by atoms with Gasteiger partial charge in [-0.2, -0.15) is 0 Å². The van der Waals surface area contributed by atoms with E-state index >= 15 is 0 Å². The fourth-order valence-electron chi connectivity index (χ4n) is 5.35. The standard InChI is InChI=1S/C27H51O3P/c1-13-15-16-26(25(10,11)12)19-21(23(4,5)6)17-22(24(7,8)9)27(26,30-31(28)29)18-20(3)14-2/h17,19-20,28-29H,13-16,18H2,1-12H3. The van der Waals surface area contributed by atoms with Gasteiger partial charge in [-0.1, -0.05) is 114 Å². The highest BCUT2D eigenvalue weighted by Gasteiger charge is 2.63. The van der Waals surface area contributed by atoms with E-state index in [1.807, 2.05) is 0 Å². The summed E-state index contributed by atoms with van der Waals surface area (Å²) >= 11 is 0. The SMILES string of the molecule is CCCCC1(C(C)(C)C)C=C(C(C)(C)C)C=C(C(C)(C)C)C1(CC(C)CC)OP(O)O. The maximum absolute atomic E-state index is 10.3. The van der Waals surface area contributed by atoms with Crippen LogP contribution >= 0.6 is 8.60 Å². The second-order valence-corrected chi connectivity index (χ2v) is 13.6. The van der Waals surface area contributed by atoms with Crippen LogP contribution in [0, 0.1) is 27.6 Å². The summed E-state index contributed by atoms with van der Waals surface area (Å²) in [5.41, 5.74) is 1.09. The summed E-state index contributed by atoms with van der Waals surface area (Å²) < 4.78 is 6.45. The fraction of sp³-hybridized carbons (Fsp3) is 0.852. The zero-order chi connectivity index (χ0) is 24.5. The highest BCUT2D eigenvalue weighted by atomic mass is 31.2. The van der Waals surface area contributed by atoms with Crippen molar-refractivity contribution in [2.45, 2.75) is 121 Å². The summed E-state index contributed by atoms with van der Waals surface area (Å²) in [6.45, 7) is 27.2. The molecule has 0 bridgehead atoms. The van der Waals surface area contributed by atoms with Crippen molar-refractivity contribution in [1.82, 2.24) is 0 Å². The summed E-state index contributed by atoms with van der Waals surface area (Å²) in [5.74, 6) is 0.397. The molecule has 0 saturated carbocycles. The summed E-state index contributed by atoms with van der Waals surface area (Å²) in [6.07, 6.45) is 9.74. The van der Waals surface area contributed by atoms with Gasteiger partial charge in [-0.05, 0) is 46.2 Å². The number of hydrogen-bond acceptors (Lipinski definition) is 3. The Kier molecular flexibility index (Phi) is 9.26. The first-order valence-corrected chi connectivity index (χ1v) is 13.4. The first kappa shape index (κ1) is 28.8. The van der Waals surface area contributed by atoms with Crippen molar-refractivity contribution in [3.05, 3.63) is 23.3 Å². The summed E-state index contributed by atoms with van der Waals surface area (Å²) in [6, 6.07) is 0. The smallest absolute Gasteiger partial charge is 0.327 e. The highest BCUT2D eigenvalue weighted by Crippen LogP contribution is 2.66. The van der Waals surface area contributed by atoms with Crippen LogP contribution in [0.4, 0.5) is 0 Å². The Morgan fingerprint density at radius 2 is 1.52 bits per heavy atom. The van der Waals surface area contributed by atoms with Crippen molar-refractivity contribution in [2.75, 3.05) is 0 Å². The molecule has 0 radical (unpaired) electrons. The van der Waals surface area contributed by atoms with Crippen LogP contribution in [0.1, 0.15) is 115 Å². The lowest BCUT2D eigenvalue weighted by molar-refractivity contribution is -0.102. The molecule has 0 aromatic carbocycles. The van der Waals surface area contributed by atoms with Crippen molar-refractivity contribution >= 4 is 8.60 Å². The molecule has 4 heteroatoms. The van der Waals surface area contributed by atoms with Crippen LogP contribution < -0.4 is 0 Å². The molecular formula is C27H51O3P. The van der Waals surface area contributed by atoms with E-state index < -0.39 is 14.2 Å². The Hall–Kier alpha value is -0.210. The van der Waals surface area contributed by atoms with E-state index in [9.17, 15) is 9.79 Å². The van der Waals surface area contributed by atoms with E-state index in [2.05, 4.69) is 95.2 Å². The Labute approximate surface area is 194 Å². The molecule has 0 heterocycles. The lowest BCUT2D eigenvalue weighted by atomic mass is 9.47. The second-order valence-electron chi connectivity index (χ2n) is 12.9. The van der Waals surface area contributed by atoms with Gasteiger partial charge in [-0.3, -0.25) is 0 Å². The van der Waals surface area contributed by atoms with Gasteiger partial charge in [-0.15, -0.1) is 0 Å². The monoisotopic (exact) mass is 454 g/mol. The molecule has 1 aliphatic rings. The minimum atomic E-state index is -2.51. The van der Waals surface area contributed by atoms with Crippen LogP contribution in [0.15, 0.2) is 23.3 Å². The summed E-state index contributed by atoms with van der Waals surface area (Å²) in [4.78, 5) is 20.7. The minimum Gasteiger partial charge on any atom is -0.328 e. The molecule has 2 N–H and O–H groups in total. The van der Waals surface area contributed by atoms with Crippen molar-refractivity contribution < 1.29 is 14.3 Å². The predicted molar refractivity (Wildman–Crippen MR) is 136 cm³/mol. The molecular weight excluding hydrogens is 403 g/mol. The molecule has 0 aliphatic heterocycles. The second kappa shape index (κ2) is 9.96. The molecule has 0 amide bonds. The molecule has 0 aromatic rings. The van der Waals surface area contributed by atoms with Crippen LogP contribution in [-0.4, -0.2) is 15.4 Å². The quantitative estimate of drug-likeness (QED) is 0.361. The molecule has 1 aliphatic carbocycles. The predicted octanol–water partition coefficient (Wildman–Crippen LogP) is 8.57. The molecule has 1 rings (SSSR count). The average Bonchev–Trinajstić information content (AvgIpc) is 2.56. The lowest BCUT2D eigenvalue weighted by Gasteiger charge is -2.61. The van der Waals surface area contributed by atoms with E-state index in [-0.39, 0.29) is 21.7 Å². The van der Waals surface area contributed by atoms with Gasteiger partial charge >= 0.3 is 8.60 Å². The summed E-state index contributed by atoms with van der Waals surface area (Å²) in [5, 5.41) is 0. The molecule has 0 spiro atoms. The molecule has 0 fully saturated rings.